The van der Waals surface area contributed by atoms with Crippen LogP contribution in [0.1, 0.15) is 11.3 Å². The molecule has 17 heavy (non-hydrogen) atoms. The topological polar surface area (TPSA) is 73.6 Å². The van der Waals surface area contributed by atoms with Gasteiger partial charge in [-0.1, -0.05) is 6.07 Å². The van der Waals surface area contributed by atoms with Crippen LogP contribution in [-0.2, 0) is 6.61 Å². The average molecular weight is 235 g/mol. The molecule has 3 N–H and O–H groups in total. The molecule has 0 atom stereocenters. The van der Waals surface area contributed by atoms with Crippen LogP contribution in [0.15, 0.2) is 18.2 Å². The number of pyridine rings is 1. The zero-order chi connectivity index (χ0) is 12.6. The van der Waals surface area contributed by atoms with Crippen LogP contribution in [0.25, 0.3) is 10.9 Å². The molecule has 0 aliphatic rings. The van der Waals surface area contributed by atoms with Gasteiger partial charge in [0.15, 0.2) is 0 Å². The van der Waals surface area contributed by atoms with E-state index in [-0.39, 0.29) is 17.6 Å². The third-order valence-electron chi connectivity index (χ3n) is 2.57. The molecule has 88 valence electrons. The second-order valence-electron chi connectivity index (χ2n) is 3.85. The first-order valence-electron chi connectivity index (χ1n) is 5.09. The lowest BCUT2D eigenvalue weighted by Gasteiger charge is -2.08. The monoisotopic (exact) mass is 235 g/mol. The van der Waals surface area contributed by atoms with E-state index in [1.165, 1.54) is 6.07 Å². The number of benzene rings is 1. The average Bonchev–Trinajstić information content (AvgIpc) is 2.28. The molecule has 4 nitrogen and oxygen atoms in total. The van der Waals surface area contributed by atoms with Crippen LogP contribution < -0.4 is 5.46 Å². The fraction of sp³-hybridized carbons (Fsp3) is 0.182. The van der Waals surface area contributed by atoms with Crippen molar-refractivity contribution in [3.63, 3.8) is 0 Å². The van der Waals surface area contributed by atoms with Crippen molar-refractivity contribution in [1.82, 2.24) is 4.98 Å². The molecule has 0 aliphatic heterocycles. The Hall–Kier alpha value is -1.50. The number of aliphatic hydroxyl groups excluding tert-OH is 1. The number of fused-ring (bicyclic) bond motifs is 1. The number of aliphatic hydroxyl groups is 1. The van der Waals surface area contributed by atoms with E-state index in [1.807, 2.05) is 0 Å². The Morgan fingerprint density at radius 3 is 2.59 bits per heavy atom. The Balaban J connectivity index is 2.81. The van der Waals surface area contributed by atoms with Crippen molar-refractivity contribution in [2.24, 2.45) is 0 Å². The summed E-state index contributed by atoms with van der Waals surface area (Å²) in [5, 5.41) is 27.7. The van der Waals surface area contributed by atoms with E-state index in [0.29, 0.717) is 16.6 Å². The minimum Gasteiger partial charge on any atom is -0.423 e. The maximum atomic E-state index is 13.7. The molecular formula is C11H11BFNO3. The molecule has 0 aliphatic carbocycles. The number of halogens is 1. The standard InChI is InChI=1S/C11H11BFNO3/c1-6-2-7(5-15)9-3-8(12(16)17)4-10(13)11(9)14-6/h2-4,15-17H,5H2,1H3. The number of nitrogens with zero attached hydrogens (tertiary/aromatic N) is 1. The van der Waals surface area contributed by atoms with Gasteiger partial charge in [-0.05, 0) is 30.1 Å². The summed E-state index contributed by atoms with van der Waals surface area (Å²) in [5.74, 6) is -0.635. The summed E-state index contributed by atoms with van der Waals surface area (Å²) in [4.78, 5) is 4.03. The van der Waals surface area contributed by atoms with E-state index in [4.69, 9.17) is 10.0 Å². The number of aromatic nitrogens is 1. The fourth-order valence-electron chi connectivity index (χ4n) is 1.80. The summed E-state index contributed by atoms with van der Waals surface area (Å²) in [6.45, 7) is 1.44. The van der Waals surface area contributed by atoms with Gasteiger partial charge in [-0.2, -0.15) is 0 Å². The molecule has 0 radical (unpaired) electrons. The van der Waals surface area contributed by atoms with E-state index >= 15 is 0 Å². The highest BCUT2D eigenvalue weighted by Gasteiger charge is 2.16. The van der Waals surface area contributed by atoms with Gasteiger partial charge in [0.2, 0.25) is 0 Å². The Morgan fingerprint density at radius 2 is 2.00 bits per heavy atom. The van der Waals surface area contributed by atoms with Crippen molar-refractivity contribution in [2.45, 2.75) is 13.5 Å². The van der Waals surface area contributed by atoms with Crippen molar-refractivity contribution >= 4 is 23.5 Å². The smallest absolute Gasteiger partial charge is 0.423 e. The lowest BCUT2D eigenvalue weighted by atomic mass is 9.79. The zero-order valence-electron chi connectivity index (χ0n) is 9.18. The van der Waals surface area contributed by atoms with Crippen LogP contribution in [0, 0.1) is 12.7 Å². The second kappa shape index (κ2) is 4.41. The van der Waals surface area contributed by atoms with Gasteiger partial charge in [0.25, 0.3) is 0 Å². The van der Waals surface area contributed by atoms with Gasteiger partial charge in [-0.15, -0.1) is 0 Å². The van der Waals surface area contributed by atoms with Gasteiger partial charge < -0.3 is 15.2 Å². The molecule has 0 bridgehead atoms. The summed E-state index contributed by atoms with van der Waals surface area (Å²) < 4.78 is 13.7. The molecule has 0 amide bonds. The van der Waals surface area contributed by atoms with E-state index in [9.17, 15) is 9.50 Å². The van der Waals surface area contributed by atoms with Crippen molar-refractivity contribution in [3.05, 3.63) is 35.3 Å². The lowest BCUT2D eigenvalue weighted by molar-refractivity contribution is 0.283. The van der Waals surface area contributed by atoms with E-state index < -0.39 is 12.9 Å². The van der Waals surface area contributed by atoms with Crippen molar-refractivity contribution in [1.29, 1.82) is 0 Å². The van der Waals surface area contributed by atoms with Crippen LogP contribution in [0.4, 0.5) is 4.39 Å². The van der Waals surface area contributed by atoms with E-state index in [2.05, 4.69) is 4.98 Å². The summed E-state index contributed by atoms with van der Waals surface area (Å²) in [7, 11) is -1.75. The molecule has 0 fully saturated rings. The van der Waals surface area contributed by atoms with E-state index in [1.54, 1.807) is 13.0 Å². The largest absolute Gasteiger partial charge is 0.488 e. The summed E-state index contributed by atoms with van der Waals surface area (Å²) in [5.41, 5.74) is 1.26. The number of hydrogen-bond donors (Lipinski definition) is 3. The molecule has 1 heterocycles. The Labute approximate surface area is 97.5 Å². The van der Waals surface area contributed by atoms with Crippen LogP contribution in [0.5, 0.6) is 0 Å². The normalized spacial score (nSPS) is 10.9. The molecule has 1 aromatic heterocycles. The van der Waals surface area contributed by atoms with Crippen molar-refractivity contribution in [2.75, 3.05) is 0 Å². The first kappa shape index (κ1) is 12.0. The quantitative estimate of drug-likeness (QED) is 0.633. The van der Waals surface area contributed by atoms with Gasteiger partial charge in [0.1, 0.15) is 11.3 Å². The molecule has 0 spiro atoms. The highest BCUT2D eigenvalue weighted by molar-refractivity contribution is 6.58. The molecule has 1 aromatic carbocycles. The SMILES string of the molecule is Cc1cc(CO)c2cc(B(O)O)cc(F)c2n1. The first-order chi connectivity index (χ1) is 8.02. The third kappa shape index (κ3) is 2.15. The summed E-state index contributed by atoms with van der Waals surface area (Å²) in [6, 6.07) is 4.08. The van der Waals surface area contributed by atoms with Gasteiger partial charge in [0.05, 0.1) is 6.61 Å². The number of hydrogen-bond acceptors (Lipinski definition) is 4. The van der Waals surface area contributed by atoms with Crippen molar-refractivity contribution in [3.8, 4) is 0 Å². The number of rotatable bonds is 2. The molecule has 6 heteroatoms. The lowest BCUT2D eigenvalue weighted by Crippen LogP contribution is -2.30. The Morgan fingerprint density at radius 1 is 1.29 bits per heavy atom. The predicted molar refractivity (Wildman–Crippen MR) is 62.2 cm³/mol. The summed E-state index contributed by atoms with van der Waals surface area (Å²) >= 11 is 0. The number of aryl methyl sites for hydroxylation is 1. The highest BCUT2D eigenvalue weighted by Crippen LogP contribution is 2.20. The third-order valence-corrected chi connectivity index (χ3v) is 2.57. The first-order valence-corrected chi connectivity index (χ1v) is 5.09. The minimum absolute atomic E-state index is 0.0374. The molecule has 2 aromatic rings. The second-order valence-corrected chi connectivity index (χ2v) is 3.85. The maximum Gasteiger partial charge on any atom is 0.488 e. The van der Waals surface area contributed by atoms with Gasteiger partial charge >= 0.3 is 7.12 Å². The van der Waals surface area contributed by atoms with Crippen LogP contribution >= 0.6 is 0 Å². The molecule has 0 unspecified atom stereocenters. The van der Waals surface area contributed by atoms with Gasteiger partial charge in [0, 0.05) is 11.1 Å². The van der Waals surface area contributed by atoms with Gasteiger partial charge in [-0.3, -0.25) is 4.98 Å². The van der Waals surface area contributed by atoms with Crippen LogP contribution in [0.2, 0.25) is 0 Å². The van der Waals surface area contributed by atoms with Crippen molar-refractivity contribution < 1.29 is 19.5 Å². The highest BCUT2D eigenvalue weighted by atomic mass is 19.1. The fourth-order valence-corrected chi connectivity index (χ4v) is 1.80. The minimum atomic E-state index is -1.75. The molecule has 0 saturated carbocycles. The molecule has 0 saturated heterocycles. The Kier molecular flexibility index (Phi) is 3.10. The van der Waals surface area contributed by atoms with Crippen LogP contribution in [-0.4, -0.2) is 27.3 Å². The molecule has 2 rings (SSSR count). The Bertz CT molecular complexity index is 574. The zero-order valence-corrected chi connectivity index (χ0v) is 9.18. The van der Waals surface area contributed by atoms with E-state index in [0.717, 1.165) is 6.07 Å². The summed E-state index contributed by atoms with van der Waals surface area (Å²) in [6.07, 6.45) is 0. The predicted octanol–water partition coefficient (Wildman–Crippen LogP) is -0.146. The van der Waals surface area contributed by atoms with Gasteiger partial charge in [-0.25, -0.2) is 4.39 Å². The maximum absolute atomic E-state index is 13.7. The van der Waals surface area contributed by atoms with Crippen LogP contribution in [0.3, 0.4) is 0 Å². The molecular weight excluding hydrogens is 224 g/mol.